The molecule has 14 aliphatic heterocycles. The minimum absolute atomic E-state index is 0.0312. The summed E-state index contributed by atoms with van der Waals surface area (Å²) >= 11 is 0. The van der Waals surface area contributed by atoms with E-state index in [9.17, 15) is 20.1 Å². The van der Waals surface area contributed by atoms with E-state index in [0.717, 1.165) is 36.8 Å². The highest BCUT2D eigenvalue weighted by molar-refractivity contribution is 5.70. The largest absolute Gasteiger partial charge is 0.459 e. The van der Waals surface area contributed by atoms with E-state index in [1.807, 2.05) is 0 Å². The zero-order valence-electron chi connectivity index (χ0n) is 44.9. The van der Waals surface area contributed by atoms with Gasteiger partial charge in [0, 0.05) is 70.1 Å². The number of aliphatic hydroxyl groups is 3. The van der Waals surface area contributed by atoms with E-state index in [4.69, 9.17) is 66.3 Å². The first-order chi connectivity index (χ1) is 36.5. The van der Waals surface area contributed by atoms with Crippen LogP contribution in [0.2, 0.25) is 0 Å². The molecule has 0 aromatic heterocycles. The highest BCUT2D eigenvalue weighted by Crippen LogP contribution is 2.56. The van der Waals surface area contributed by atoms with Crippen LogP contribution in [0, 0.1) is 23.7 Å². The van der Waals surface area contributed by atoms with Crippen LogP contribution < -0.4 is 0 Å². The Kier molecular flexibility index (Phi) is 13.6. The highest BCUT2D eigenvalue weighted by Gasteiger charge is 2.66. The number of hydrogen-bond acceptors (Lipinski definition) is 18. The summed E-state index contributed by atoms with van der Waals surface area (Å²) in [6, 6.07) is 0. The molecule has 3 N–H and O–H groups in total. The van der Waals surface area contributed by atoms with E-state index in [2.05, 4.69) is 40.9 Å². The molecule has 0 radical (unpaired) electrons. The van der Waals surface area contributed by atoms with Crippen LogP contribution in [0.15, 0.2) is 24.3 Å². The fourth-order valence-corrected chi connectivity index (χ4v) is 17.3. The van der Waals surface area contributed by atoms with E-state index < -0.39 is 66.2 Å². The molecule has 0 aromatic carbocycles. The Labute approximate surface area is 446 Å². The van der Waals surface area contributed by atoms with Crippen molar-refractivity contribution in [3.8, 4) is 0 Å². The third-order valence-corrected chi connectivity index (χ3v) is 21.0. The van der Waals surface area contributed by atoms with E-state index in [0.29, 0.717) is 83.5 Å². The van der Waals surface area contributed by atoms with Crippen molar-refractivity contribution in [1.82, 2.24) is 0 Å². The predicted molar refractivity (Wildman–Crippen MR) is 265 cm³/mol. The highest BCUT2D eigenvalue weighted by atomic mass is 16.8. The number of esters is 1. The van der Waals surface area contributed by atoms with Gasteiger partial charge in [0.25, 0.3) is 0 Å². The fraction of sp³-hybridized carbons (Fsp3) is 0.914. The van der Waals surface area contributed by atoms with Gasteiger partial charge < -0.3 is 81.6 Å². The van der Waals surface area contributed by atoms with Gasteiger partial charge in [0.1, 0.15) is 24.4 Å². The number of ether oxygens (including phenoxy) is 14. The first-order valence-electron chi connectivity index (χ1n) is 29.7. The number of aliphatic hydroxyl groups excluding tert-OH is 3. The van der Waals surface area contributed by atoms with Gasteiger partial charge in [0.15, 0.2) is 17.4 Å². The second kappa shape index (κ2) is 19.8. The Morgan fingerprint density at radius 1 is 0.487 bits per heavy atom. The van der Waals surface area contributed by atoms with Crippen molar-refractivity contribution >= 4 is 5.97 Å². The molecule has 0 saturated carbocycles. The first-order valence-corrected chi connectivity index (χ1v) is 29.7. The zero-order chi connectivity index (χ0) is 52.2. The zero-order valence-corrected chi connectivity index (χ0v) is 44.9. The van der Waals surface area contributed by atoms with Crippen molar-refractivity contribution in [3.63, 3.8) is 0 Å². The molecule has 10 bridgehead atoms. The van der Waals surface area contributed by atoms with Gasteiger partial charge in [0.05, 0.1) is 129 Å². The lowest BCUT2D eigenvalue weighted by Gasteiger charge is -2.54. The van der Waals surface area contributed by atoms with E-state index >= 15 is 0 Å². The Balaban J connectivity index is 0.695. The van der Waals surface area contributed by atoms with Crippen LogP contribution >= 0.6 is 0 Å². The Morgan fingerprint density at radius 2 is 1.14 bits per heavy atom. The van der Waals surface area contributed by atoms with Crippen molar-refractivity contribution in [3.05, 3.63) is 24.3 Å². The van der Waals surface area contributed by atoms with Gasteiger partial charge in [-0.3, -0.25) is 4.79 Å². The molecule has 14 heterocycles. The third kappa shape index (κ3) is 9.26. The summed E-state index contributed by atoms with van der Waals surface area (Å²) in [7, 11) is 0. The fourth-order valence-electron chi connectivity index (χ4n) is 17.3. The predicted octanol–water partition coefficient (Wildman–Crippen LogP) is 5.16. The molecule has 14 rings (SSSR count). The van der Waals surface area contributed by atoms with Crippen LogP contribution in [0.25, 0.3) is 0 Å². The van der Waals surface area contributed by atoms with Crippen LogP contribution in [0.5, 0.6) is 0 Å². The number of hydrogen-bond donors (Lipinski definition) is 3. The summed E-state index contributed by atoms with van der Waals surface area (Å²) in [4.78, 5) is 14.5. The molecule has 0 aliphatic carbocycles. The number of rotatable bonds is 1. The first kappa shape index (κ1) is 52.4. The summed E-state index contributed by atoms with van der Waals surface area (Å²) in [6.07, 6.45) is 2.24. The number of carbonyl (C=O) groups excluding carboxylic acids is 1. The van der Waals surface area contributed by atoms with Crippen LogP contribution in [0.4, 0.5) is 0 Å². The molecule has 18 heteroatoms. The molecule has 76 heavy (non-hydrogen) atoms. The smallest absolute Gasteiger partial charge is 0.308 e. The van der Waals surface area contributed by atoms with Gasteiger partial charge in [0.2, 0.25) is 0 Å². The molecule has 2 unspecified atom stereocenters. The standard InChI is InChI=1S/C58H84O18/c1-26-13-32-7-9-37-27(2)14-34(63-37)11-12-56-22-36(61)54(76-56)43-19-45(72-56)55-38(66-43)10-8-33(65-55)15-49(62)70-53-31(6)52-42(67-41(53)17-39(64-32)30(26)5)18-40-46(68-52)23-58(71-40)24-47-51(75-58)29(4)21-57(74-47)20-28(3)50-44(73-57)16-35(60)48(25-59)69-50/h26,28-29,31-48,50-55,59-61H,2,5,7-25H2,1,3-4,6H3/t26-,28+,29+,31+,32+,33-,34+,35-,36-,37+,38+,39-,40-,41+,42+,43-,44+,45?,46-,47+,48-,50+,51+,52+,53-,54?,55+,56-,57-,58+/m1/s1. The monoisotopic (exact) mass is 1070 g/mol. The van der Waals surface area contributed by atoms with Gasteiger partial charge >= 0.3 is 5.97 Å². The van der Waals surface area contributed by atoms with Crippen LogP contribution in [0.1, 0.15) is 143 Å². The van der Waals surface area contributed by atoms with Gasteiger partial charge in [-0.1, -0.05) is 40.9 Å². The van der Waals surface area contributed by atoms with Crippen molar-refractivity contribution < 1.29 is 86.4 Å². The minimum Gasteiger partial charge on any atom is -0.459 e. The van der Waals surface area contributed by atoms with Crippen LogP contribution in [-0.2, 0) is 71.1 Å². The maximum absolute atomic E-state index is 14.5. The SMILES string of the molecule is C=C1C[C@@H]2CC[C@]34C[C@@H](O)C(O3)[C@H]3CC(O4)[C@H]4O[C@H](CC[C@@H]4O3)CC(=O)O[C@@H]3[C@@H](C)[C@@H]4O[C@@H]5C[C@]6(C[C@@H]7O[C@]8(C[C@H](C)[C@@H]9O[C@H](CO)[C@H](O)C[C@@H]9O8)C[C@H](C)[C@@H]7O6)O[C@@H]5C[C@@H]4O[C@H]3C[C@H]3O[C@@H](CC[C@@H]1O2)C[C@@H](C)C3=C. The quantitative estimate of drug-likeness (QED) is 0.229. The van der Waals surface area contributed by atoms with Gasteiger partial charge in [-0.2, -0.15) is 0 Å². The average molecular weight is 1070 g/mol. The van der Waals surface area contributed by atoms with Gasteiger partial charge in [-0.15, -0.1) is 0 Å². The van der Waals surface area contributed by atoms with Crippen molar-refractivity contribution in [2.75, 3.05) is 6.61 Å². The molecule has 424 valence electrons. The molecular formula is C58H84O18. The third-order valence-electron chi connectivity index (χ3n) is 21.0. The molecule has 14 saturated heterocycles. The normalized spacial score (nSPS) is 57.9. The minimum atomic E-state index is -0.992. The summed E-state index contributed by atoms with van der Waals surface area (Å²) < 4.78 is 95.9. The van der Waals surface area contributed by atoms with Crippen molar-refractivity contribution in [1.29, 1.82) is 0 Å². The Hall–Kier alpha value is -1.69. The lowest BCUT2D eigenvalue weighted by atomic mass is 9.78. The lowest BCUT2D eigenvalue weighted by molar-refractivity contribution is -0.371. The summed E-state index contributed by atoms with van der Waals surface area (Å²) in [5.74, 6) is -2.93. The van der Waals surface area contributed by atoms with Crippen molar-refractivity contribution in [2.24, 2.45) is 23.7 Å². The van der Waals surface area contributed by atoms with E-state index in [1.165, 1.54) is 0 Å². The van der Waals surface area contributed by atoms with Crippen molar-refractivity contribution in [2.45, 2.75) is 301 Å². The summed E-state index contributed by atoms with van der Waals surface area (Å²) in [5, 5.41) is 31.9. The van der Waals surface area contributed by atoms with E-state index in [-0.39, 0.29) is 134 Å². The molecule has 0 amide bonds. The lowest BCUT2D eigenvalue weighted by Crippen LogP contribution is -2.62. The van der Waals surface area contributed by atoms with E-state index in [1.54, 1.807) is 0 Å². The summed E-state index contributed by atoms with van der Waals surface area (Å²) in [6.45, 7) is 17.5. The maximum Gasteiger partial charge on any atom is 0.308 e. The van der Waals surface area contributed by atoms with Crippen LogP contribution in [0.3, 0.4) is 0 Å². The Bertz CT molecular complexity index is 2220. The molecule has 0 aromatic rings. The molecule has 14 aliphatic rings. The van der Waals surface area contributed by atoms with Gasteiger partial charge in [-0.05, 0) is 73.8 Å². The topological polar surface area (TPSA) is 207 Å². The number of carbonyl (C=O) groups is 1. The molecule has 18 nitrogen and oxygen atoms in total. The summed E-state index contributed by atoms with van der Waals surface area (Å²) in [5.41, 5.74) is 2.12. The molecule has 30 atom stereocenters. The molecular weight excluding hydrogens is 985 g/mol. The second-order valence-corrected chi connectivity index (χ2v) is 26.5. The average Bonchev–Trinajstić information content (AvgIpc) is 4.24. The number of fused-ring (bicyclic) bond motifs is 13. The second-order valence-electron chi connectivity index (χ2n) is 26.5. The van der Waals surface area contributed by atoms with Crippen LogP contribution in [-0.4, -0.2) is 186 Å². The Morgan fingerprint density at radius 3 is 1.99 bits per heavy atom. The van der Waals surface area contributed by atoms with Gasteiger partial charge in [-0.25, -0.2) is 0 Å². The maximum atomic E-state index is 14.5. The molecule has 3 spiro atoms. The molecule has 14 fully saturated rings.